The highest BCUT2D eigenvalue weighted by atomic mass is 16.3. The van der Waals surface area contributed by atoms with Crippen molar-refractivity contribution in [1.29, 1.82) is 0 Å². The zero-order valence-electron chi connectivity index (χ0n) is 11.3. The fourth-order valence-electron chi connectivity index (χ4n) is 2.71. The number of hydrogen-bond donors (Lipinski definition) is 2. The Morgan fingerprint density at radius 3 is 2.70 bits per heavy atom. The Bertz CT molecular complexity index is 568. The molecule has 2 heterocycles. The molecule has 2 N–H and O–H groups in total. The average Bonchev–Trinajstić information content (AvgIpc) is 3.07. The number of aliphatic hydroxyl groups excluding tert-OH is 2. The van der Waals surface area contributed by atoms with E-state index >= 15 is 0 Å². The average molecular weight is 273 g/mol. The predicted molar refractivity (Wildman–Crippen MR) is 77.6 cm³/mol. The lowest BCUT2D eigenvalue weighted by molar-refractivity contribution is 0.198. The quantitative estimate of drug-likeness (QED) is 0.876. The zero-order chi connectivity index (χ0) is 13.9. The van der Waals surface area contributed by atoms with Crippen LogP contribution in [0.3, 0.4) is 0 Å². The molecule has 0 spiro atoms. The van der Waals surface area contributed by atoms with E-state index in [1.807, 2.05) is 41.1 Å². The Kier molecular flexibility index (Phi) is 3.71. The number of nitrogens with zero attached hydrogens (tertiary/aromatic N) is 3. The summed E-state index contributed by atoms with van der Waals surface area (Å²) >= 11 is 0. The van der Waals surface area contributed by atoms with Gasteiger partial charge in [0.15, 0.2) is 0 Å². The zero-order valence-corrected chi connectivity index (χ0v) is 11.3. The van der Waals surface area contributed by atoms with Gasteiger partial charge in [-0.25, -0.2) is 4.98 Å². The minimum atomic E-state index is -0.271. The summed E-state index contributed by atoms with van der Waals surface area (Å²) in [5.41, 5.74) is 1.03. The van der Waals surface area contributed by atoms with Gasteiger partial charge in [0.05, 0.1) is 18.9 Å². The molecule has 1 aromatic carbocycles. The van der Waals surface area contributed by atoms with Gasteiger partial charge in [-0.1, -0.05) is 30.3 Å². The summed E-state index contributed by atoms with van der Waals surface area (Å²) in [6.45, 7) is 2.03. The number of aliphatic hydroxyl groups is 2. The summed E-state index contributed by atoms with van der Waals surface area (Å²) in [5, 5.41) is 19.0. The van der Waals surface area contributed by atoms with Crippen LogP contribution in [0.1, 0.15) is 6.42 Å². The molecule has 1 fully saturated rings. The molecule has 20 heavy (non-hydrogen) atoms. The first-order valence-electron chi connectivity index (χ1n) is 6.94. The highest BCUT2D eigenvalue weighted by Crippen LogP contribution is 2.27. The van der Waals surface area contributed by atoms with E-state index in [0.717, 1.165) is 30.2 Å². The van der Waals surface area contributed by atoms with Crippen LogP contribution in [-0.4, -0.2) is 45.6 Å². The SMILES string of the molecule is OCCn1c(N2CCC(O)C2)cnc1-c1ccccc1. The number of anilines is 1. The summed E-state index contributed by atoms with van der Waals surface area (Å²) < 4.78 is 2.02. The van der Waals surface area contributed by atoms with Gasteiger partial charge in [0.2, 0.25) is 0 Å². The minimum Gasteiger partial charge on any atom is -0.395 e. The Hall–Kier alpha value is -1.85. The third kappa shape index (κ3) is 2.42. The fraction of sp³-hybridized carbons (Fsp3) is 0.400. The Labute approximate surface area is 118 Å². The topological polar surface area (TPSA) is 61.5 Å². The monoisotopic (exact) mass is 273 g/mol. The molecule has 5 heteroatoms. The van der Waals surface area contributed by atoms with Crippen LogP contribution in [0, 0.1) is 0 Å². The summed E-state index contributed by atoms with van der Waals surface area (Å²) in [4.78, 5) is 6.63. The minimum absolute atomic E-state index is 0.0690. The van der Waals surface area contributed by atoms with Crippen LogP contribution < -0.4 is 4.90 Å². The molecule has 1 aromatic heterocycles. The third-order valence-electron chi connectivity index (χ3n) is 3.68. The number of imidazole rings is 1. The molecule has 5 nitrogen and oxygen atoms in total. The van der Waals surface area contributed by atoms with E-state index in [9.17, 15) is 10.2 Å². The van der Waals surface area contributed by atoms with Crippen LogP contribution in [0.4, 0.5) is 5.82 Å². The fourth-order valence-corrected chi connectivity index (χ4v) is 2.71. The predicted octanol–water partition coefficient (Wildman–Crippen LogP) is 1.11. The smallest absolute Gasteiger partial charge is 0.141 e. The molecule has 1 aliphatic heterocycles. The Morgan fingerprint density at radius 2 is 2.05 bits per heavy atom. The van der Waals surface area contributed by atoms with Crippen molar-refractivity contribution >= 4 is 5.82 Å². The van der Waals surface area contributed by atoms with Crippen LogP contribution >= 0.6 is 0 Å². The summed E-state index contributed by atoms with van der Waals surface area (Å²) in [5.74, 6) is 1.82. The maximum absolute atomic E-state index is 9.68. The number of hydrogen-bond acceptors (Lipinski definition) is 4. The second-order valence-electron chi connectivity index (χ2n) is 5.07. The lowest BCUT2D eigenvalue weighted by Crippen LogP contribution is -2.24. The third-order valence-corrected chi connectivity index (χ3v) is 3.68. The van der Waals surface area contributed by atoms with Crippen LogP contribution in [0.15, 0.2) is 36.5 Å². The molecule has 3 rings (SSSR count). The first-order valence-corrected chi connectivity index (χ1v) is 6.94. The van der Waals surface area contributed by atoms with Gasteiger partial charge in [-0.3, -0.25) is 0 Å². The largest absolute Gasteiger partial charge is 0.395 e. The molecule has 1 aliphatic rings. The lowest BCUT2D eigenvalue weighted by atomic mass is 10.2. The van der Waals surface area contributed by atoms with Crippen molar-refractivity contribution in [3.8, 4) is 11.4 Å². The van der Waals surface area contributed by atoms with Gasteiger partial charge in [0.1, 0.15) is 11.6 Å². The van der Waals surface area contributed by atoms with Crippen molar-refractivity contribution in [2.45, 2.75) is 19.1 Å². The van der Waals surface area contributed by atoms with Crippen molar-refractivity contribution < 1.29 is 10.2 Å². The van der Waals surface area contributed by atoms with Gasteiger partial charge < -0.3 is 19.7 Å². The van der Waals surface area contributed by atoms with Gasteiger partial charge in [-0.05, 0) is 6.42 Å². The lowest BCUT2D eigenvalue weighted by Gasteiger charge is -2.20. The van der Waals surface area contributed by atoms with E-state index in [4.69, 9.17) is 0 Å². The Morgan fingerprint density at radius 1 is 1.25 bits per heavy atom. The maximum atomic E-state index is 9.68. The van der Waals surface area contributed by atoms with Crippen molar-refractivity contribution in [2.24, 2.45) is 0 Å². The normalized spacial score (nSPS) is 18.7. The highest BCUT2D eigenvalue weighted by Gasteiger charge is 2.24. The molecular weight excluding hydrogens is 254 g/mol. The highest BCUT2D eigenvalue weighted by molar-refractivity contribution is 5.60. The number of rotatable bonds is 4. The standard InChI is InChI=1S/C15H19N3O2/c19-9-8-18-14(17-7-6-13(20)11-17)10-16-15(18)12-4-2-1-3-5-12/h1-5,10,13,19-20H,6-9,11H2. The van der Waals surface area contributed by atoms with Gasteiger partial charge in [0, 0.05) is 25.2 Å². The number of benzene rings is 1. The van der Waals surface area contributed by atoms with Gasteiger partial charge >= 0.3 is 0 Å². The van der Waals surface area contributed by atoms with Crippen LogP contribution in [0.2, 0.25) is 0 Å². The van der Waals surface area contributed by atoms with Gasteiger partial charge in [-0.2, -0.15) is 0 Å². The molecule has 0 aliphatic carbocycles. The first kappa shape index (κ1) is 13.1. The van der Waals surface area contributed by atoms with Crippen LogP contribution in [0.25, 0.3) is 11.4 Å². The molecule has 1 unspecified atom stereocenters. The molecule has 1 atom stereocenters. The van der Waals surface area contributed by atoms with Crippen molar-refractivity contribution in [3.63, 3.8) is 0 Å². The van der Waals surface area contributed by atoms with E-state index in [2.05, 4.69) is 9.88 Å². The van der Waals surface area contributed by atoms with Crippen molar-refractivity contribution in [3.05, 3.63) is 36.5 Å². The Balaban J connectivity index is 1.98. The molecule has 0 amide bonds. The summed E-state index contributed by atoms with van der Waals surface area (Å²) in [7, 11) is 0. The molecule has 0 bridgehead atoms. The summed E-state index contributed by atoms with van der Waals surface area (Å²) in [6.07, 6.45) is 2.34. The molecule has 0 saturated carbocycles. The second-order valence-corrected chi connectivity index (χ2v) is 5.07. The van der Waals surface area contributed by atoms with Crippen LogP contribution in [0.5, 0.6) is 0 Å². The molecule has 0 radical (unpaired) electrons. The van der Waals surface area contributed by atoms with Gasteiger partial charge in [-0.15, -0.1) is 0 Å². The number of β-amino-alcohol motifs (C(OH)–C–C–N with tert-alkyl or cyclic N) is 1. The molecule has 1 saturated heterocycles. The van der Waals surface area contributed by atoms with E-state index in [0.29, 0.717) is 13.1 Å². The summed E-state index contributed by atoms with van der Waals surface area (Å²) in [6, 6.07) is 9.96. The van der Waals surface area contributed by atoms with Crippen molar-refractivity contribution in [2.75, 3.05) is 24.6 Å². The number of aromatic nitrogens is 2. The van der Waals surface area contributed by atoms with E-state index in [1.165, 1.54) is 0 Å². The van der Waals surface area contributed by atoms with E-state index < -0.39 is 0 Å². The first-order chi connectivity index (χ1) is 9.79. The molecule has 106 valence electrons. The van der Waals surface area contributed by atoms with E-state index in [-0.39, 0.29) is 12.7 Å². The van der Waals surface area contributed by atoms with Crippen molar-refractivity contribution in [1.82, 2.24) is 9.55 Å². The van der Waals surface area contributed by atoms with Gasteiger partial charge in [0.25, 0.3) is 0 Å². The molecular formula is C15H19N3O2. The second kappa shape index (κ2) is 5.64. The van der Waals surface area contributed by atoms with Crippen LogP contribution in [-0.2, 0) is 6.54 Å². The van der Waals surface area contributed by atoms with E-state index in [1.54, 1.807) is 0 Å². The molecule has 2 aromatic rings. The maximum Gasteiger partial charge on any atom is 0.141 e.